The zero-order valence-electron chi connectivity index (χ0n) is 14.6. The van der Waals surface area contributed by atoms with Gasteiger partial charge in [0.1, 0.15) is 6.61 Å². The van der Waals surface area contributed by atoms with E-state index >= 15 is 0 Å². The number of hydrogen-bond acceptors (Lipinski definition) is 6. The Kier molecular flexibility index (Phi) is 3.19. The molecule has 1 aromatic heterocycles. The van der Waals surface area contributed by atoms with Gasteiger partial charge in [0, 0.05) is 30.1 Å². The van der Waals surface area contributed by atoms with Gasteiger partial charge >= 0.3 is 5.97 Å². The summed E-state index contributed by atoms with van der Waals surface area (Å²) >= 11 is 0. The number of phenolic OH excluding ortho intramolecular Hbond substituents is 1. The molecule has 0 aliphatic carbocycles. The van der Waals surface area contributed by atoms with Crippen LogP contribution in [0, 0.1) is 5.82 Å². The SMILES string of the molecule is CC[C@@]1(O)C(=O)OCC2=C1C=C1c3nc4cc(F)c(O)cc4cc3CN1C2. The summed E-state index contributed by atoms with van der Waals surface area (Å²) in [6, 6.07) is 4.47. The Labute approximate surface area is 154 Å². The van der Waals surface area contributed by atoms with Crippen molar-refractivity contribution in [2.24, 2.45) is 0 Å². The third kappa shape index (κ3) is 2.15. The number of aromatic nitrogens is 1. The molecule has 3 aliphatic heterocycles. The first-order chi connectivity index (χ1) is 12.9. The number of halogens is 1. The third-order valence-corrected chi connectivity index (χ3v) is 5.62. The standard InChI is InChI=1S/C20H17FN2O4/c1-2-20(26)13-5-16-18-11(7-23(16)8-12(13)9-27-19(20)25)3-10-4-17(24)14(21)6-15(10)22-18/h3-6,24,26H,2,7-9H2,1H3/t20-/m0/s1. The van der Waals surface area contributed by atoms with Crippen LogP contribution < -0.4 is 0 Å². The van der Waals surface area contributed by atoms with Gasteiger partial charge < -0.3 is 19.8 Å². The van der Waals surface area contributed by atoms with Gasteiger partial charge in [0.2, 0.25) is 0 Å². The van der Waals surface area contributed by atoms with E-state index in [4.69, 9.17) is 4.74 Å². The van der Waals surface area contributed by atoms with Crippen molar-refractivity contribution in [2.75, 3.05) is 13.2 Å². The van der Waals surface area contributed by atoms with Crippen LogP contribution in [0.15, 0.2) is 35.4 Å². The number of fused-ring (bicyclic) bond motifs is 4. The Morgan fingerprint density at radius 2 is 2.15 bits per heavy atom. The van der Waals surface area contributed by atoms with Gasteiger partial charge in [-0.1, -0.05) is 6.92 Å². The average molecular weight is 368 g/mol. The molecular weight excluding hydrogens is 351 g/mol. The average Bonchev–Trinajstić information content (AvgIpc) is 2.99. The number of ether oxygens (including phenoxy) is 1. The highest BCUT2D eigenvalue weighted by atomic mass is 19.1. The van der Waals surface area contributed by atoms with Crippen LogP contribution in [-0.4, -0.2) is 44.8 Å². The van der Waals surface area contributed by atoms with Crippen molar-refractivity contribution in [1.82, 2.24) is 9.88 Å². The van der Waals surface area contributed by atoms with Gasteiger partial charge in [-0.15, -0.1) is 0 Å². The van der Waals surface area contributed by atoms with E-state index in [1.165, 1.54) is 12.1 Å². The zero-order valence-corrected chi connectivity index (χ0v) is 14.6. The number of phenols is 1. The number of esters is 1. The molecule has 3 aliphatic rings. The Morgan fingerprint density at radius 3 is 2.93 bits per heavy atom. The van der Waals surface area contributed by atoms with E-state index in [9.17, 15) is 19.4 Å². The number of benzene rings is 1. The van der Waals surface area contributed by atoms with E-state index in [2.05, 4.69) is 9.88 Å². The van der Waals surface area contributed by atoms with Crippen molar-refractivity contribution in [3.05, 3.63) is 52.5 Å². The Hall–Kier alpha value is -2.93. The van der Waals surface area contributed by atoms with Crippen LogP contribution in [0.1, 0.15) is 24.6 Å². The maximum atomic E-state index is 13.7. The molecule has 0 bridgehead atoms. The Balaban J connectivity index is 1.68. The monoisotopic (exact) mass is 368 g/mol. The quantitative estimate of drug-likeness (QED) is 0.752. The molecule has 0 unspecified atom stereocenters. The first-order valence-corrected chi connectivity index (χ1v) is 8.82. The number of carbonyl (C=O) groups excluding carboxylic acids is 1. The molecule has 1 aromatic carbocycles. The second kappa shape index (κ2) is 5.29. The van der Waals surface area contributed by atoms with Crippen molar-refractivity contribution < 1.29 is 24.1 Å². The molecule has 1 atom stereocenters. The summed E-state index contributed by atoms with van der Waals surface area (Å²) in [6.07, 6.45) is 2.03. The summed E-state index contributed by atoms with van der Waals surface area (Å²) in [6.45, 7) is 3.05. The number of rotatable bonds is 1. The molecule has 4 heterocycles. The first-order valence-electron chi connectivity index (χ1n) is 8.82. The van der Waals surface area contributed by atoms with Crippen LogP contribution in [0.4, 0.5) is 4.39 Å². The van der Waals surface area contributed by atoms with Crippen LogP contribution >= 0.6 is 0 Å². The van der Waals surface area contributed by atoms with Gasteiger partial charge in [-0.3, -0.25) is 0 Å². The molecule has 2 aromatic rings. The molecule has 5 rings (SSSR count). The van der Waals surface area contributed by atoms with Crippen LogP contribution in [0.3, 0.4) is 0 Å². The number of pyridine rings is 1. The van der Waals surface area contributed by atoms with E-state index in [0.717, 1.165) is 16.8 Å². The second-order valence-electron chi connectivity index (χ2n) is 7.19. The number of carbonyl (C=O) groups is 1. The summed E-state index contributed by atoms with van der Waals surface area (Å²) in [5.74, 6) is -1.75. The summed E-state index contributed by atoms with van der Waals surface area (Å²) in [5.41, 5.74) is 2.72. The summed E-state index contributed by atoms with van der Waals surface area (Å²) in [4.78, 5) is 18.8. The summed E-state index contributed by atoms with van der Waals surface area (Å²) in [7, 11) is 0. The molecule has 7 heteroatoms. The van der Waals surface area contributed by atoms with E-state index in [-0.39, 0.29) is 13.0 Å². The van der Waals surface area contributed by atoms with Crippen LogP contribution in [0.25, 0.3) is 16.6 Å². The van der Waals surface area contributed by atoms with Crippen molar-refractivity contribution in [3.63, 3.8) is 0 Å². The fraction of sp³-hybridized carbons (Fsp3) is 0.300. The van der Waals surface area contributed by atoms with Crippen LogP contribution in [0.5, 0.6) is 5.75 Å². The first kappa shape index (κ1) is 16.3. The van der Waals surface area contributed by atoms with Crippen molar-refractivity contribution in [3.8, 4) is 5.75 Å². The van der Waals surface area contributed by atoms with Gasteiger partial charge in [-0.05, 0) is 35.8 Å². The summed E-state index contributed by atoms with van der Waals surface area (Å²) < 4.78 is 18.9. The number of cyclic esters (lactones) is 1. The molecule has 2 N–H and O–H groups in total. The lowest BCUT2D eigenvalue weighted by Gasteiger charge is -2.37. The molecule has 0 radical (unpaired) electrons. The third-order valence-electron chi connectivity index (χ3n) is 5.62. The zero-order chi connectivity index (χ0) is 18.9. The van der Waals surface area contributed by atoms with Crippen LogP contribution in [0.2, 0.25) is 0 Å². The van der Waals surface area contributed by atoms with Crippen molar-refractivity contribution in [1.29, 1.82) is 0 Å². The predicted molar refractivity (Wildman–Crippen MR) is 95.0 cm³/mol. The number of aromatic hydroxyl groups is 1. The lowest BCUT2D eigenvalue weighted by Crippen LogP contribution is -2.47. The molecule has 0 saturated carbocycles. The van der Waals surface area contributed by atoms with Gasteiger partial charge in [-0.2, -0.15) is 0 Å². The lowest BCUT2D eigenvalue weighted by molar-refractivity contribution is -0.163. The summed E-state index contributed by atoms with van der Waals surface area (Å²) in [5, 5.41) is 21.1. The maximum Gasteiger partial charge on any atom is 0.343 e. The normalized spacial score (nSPS) is 23.7. The van der Waals surface area contributed by atoms with Crippen molar-refractivity contribution in [2.45, 2.75) is 25.5 Å². The molecule has 0 fully saturated rings. The maximum absolute atomic E-state index is 13.7. The topological polar surface area (TPSA) is 82.9 Å². The number of aliphatic hydroxyl groups is 1. The lowest BCUT2D eigenvalue weighted by atomic mass is 9.83. The molecule has 0 spiro atoms. The highest BCUT2D eigenvalue weighted by molar-refractivity contribution is 5.90. The second-order valence-corrected chi connectivity index (χ2v) is 7.19. The van der Waals surface area contributed by atoms with Gasteiger partial charge in [0.15, 0.2) is 17.2 Å². The van der Waals surface area contributed by atoms with Gasteiger partial charge in [-0.25, -0.2) is 14.2 Å². The fourth-order valence-electron chi connectivity index (χ4n) is 4.12. The molecule has 0 saturated heterocycles. The fourth-order valence-corrected chi connectivity index (χ4v) is 4.12. The minimum atomic E-state index is -1.65. The predicted octanol–water partition coefficient (Wildman–Crippen LogP) is 2.24. The van der Waals surface area contributed by atoms with Gasteiger partial charge in [0.25, 0.3) is 0 Å². The molecular formula is C20H17FN2O4. The Morgan fingerprint density at radius 1 is 1.33 bits per heavy atom. The van der Waals surface area contributed by atoms with E-state index in [0.29, 0.717) is 35.3 Å². The van der Waals surface area contributed by atoms with E-state index in [1.807, 2.05) is 12.1 Å². The van der Waals surface area contributed by atoms with Crippen LogP contribution in [-0.2, 0) is 16.1 Å². The number of nitrogens with zero attached hydrogens (tertiary/aromatic N) is 2. The molecule has 138 valence electrons. The minimum absolute atomic E-state index is 0.168. The smallest absolute Gasteiger partial charge is 0.343 e. The molecule has 27 heavy (non-hydrogen) atoms. The molecule has 0 amide bonds. The highest BCUT2D eigenvalue weighted by Gasteiger charge is 2.46. The van der Waals surface area contributed by atoms with Crippen molar-refractivity contribution >= 4 is 22.6 Å². The van der Waals surface area contributed by atoms with E-state index < -0.39 is 23.1 Å². The highest BCUT2D eigenvalue weighted by Crippen LogP contribution is 2.42. The minimum Gasteiger partial charge on any atom is -0.505 e. The van der Waals surface area contributed by atoms with E-state index in [1.54, 1.807) is 6.92 Å². The van der Waals surface area contributed by atoms with Gasteiger partial charge in [0.05, 0.1) is 16.9 Å². The largest absolute Gasteiger partial charge is 0.505 e. The number of hydrogen-bond donors (Lipinski definition) is 2. The Bertz CT molecular complexity index is 1090. The molecule has 6 nitrogen and oxygen atoms in total.